The second-order valence-electron chi connectivity index (χ2n) is 6.37. The largest absolute Gasteiger partial charge is 0.383 e. The molecule has 3 rings (SSSR count). The van der Waals surface area contributed by atoms with Crippen molar-refractivity contribution in [3.63, 3.8) is 0 Å². The Hall–Kier alpha value is -2.92. The summed E-state index contributed by atoms with van der Waals surface area (Å²) in [5.41, 5.74) is 4.22. The molecule has 5 heteroatoms. The normalized spacial score (nSPS) is 11.6. The summed E-state index contributed by atoms with van der Waals surface area (Å²) in [5, 5.41) is 3.40. The maximum atomic E-state index is 13.2. The molecule has 2 aromatic carbocycles. The summed E-state index contributed by atoms with van der Waals surface area (Å²) in [6.07, 6.45) is 3.96. The highest BCUT2D eigenvalue weighted by molar-refractivity contribution is 5.62. The summed E-state index contributed by atoms with van der Waals surface area (Å²) in [4.78, 5) is 4.52. The van der Waals surface area contributed by atoms with E-state index in [4.69, 9.17) is 4.74 Å². The molecule has 0 aliphatic carbocycles. The van der Waals surface area contributed by atoms with E-state index in [1.165, 1.54) is 23.3 Å². The van der Waals surface area contributed by atoms with Gasteiger partial charge in [-0.05, 0) is 36.8 Å². The SMILES string of the molecule is COCCn1c(-c2ccc(F)cc2)cnc1NC/C(C)=C/c1ccccc1. The first kappa shape index (κ1) is 18.9. The van der Waals surface area contributed by atoms with Crippen LogP contribution in [0.4, 0.5) is 10.3 Å². The van der Waals surface area contributed by atoms with Gasteiger partial charge in [0.2, 0.25) is 5.95 Å². The standard InChI is InChI=1S/C22H24FN3O/c1-17(14-18-6-4-3-5-7-18)15-24-22-25-16-21(26(22)12-13-27-2)19-8-10-20(23)11-9-19/h3-11,14,16H,12-13,15H2,1-2H3,(H,24,25)/b17-14+. The van der Waals surface area contributed by atoms with Gasteiger partial charge in [0.25, 0.3) is 0 Å². The molecule has 0 spiro atoms. The summed E-state index contributed by atoms with van der Waals surface area (Å²) >= 11 is 0. The second-order valence-corrected chi connectivity index (χ2v) is 6.37. The Labute approximate surface area is 159 Å². The van der Waals surface area contributed by atoms with E-state index in [0.29, 0.717) is 19.7 Å². The number of rotatable bonds is 8. The zero-order valence-electron chi connectivity index (χ0n) is 15.7. The van der Waals surface area contributed by atoms with Crippen molar-refractivity contribution in [2.45, 2.75) is 13.5 Å². The molecule has 0 saturated heterocycles. The van der Waals surface area contributed by atoms with Crippen molar-refractivity contribution in [1.29, 1.82) is 0 Å². The zero-order chi connectivity index (χ0) is 19.1. The number of imidazole rings is 1. The van der Waals surface area contributed by atoms with E-state index in [1.807, 2.05) is 24.4 Å². The summed E-state index contributed by atoms with van der Waals surface area (Å²) < 4.78 is 20.5. The molecular weight excluding hydrogens is 341 g/mol. The van der Waals surface area contributed by atoms with Crippen molar-refractivity contribution in [1.82, 2.24) is 9.55 Å². The number of nitrogens with one attached hydrogen (secondary N) is 1. The first-order valence-corrected chi connectivity index (χ1v) is 8.94. The maximum absolute atomic E-state index is 13.2. The highest BCUT2D eigenvalue weighted by atomic mass is 19.1. The number of nitrogens with zero attached hydrogens (tertiary/aromatic N) is 2. The second kappa shape index (κ2) is 9.14. The molecule has 3 aromatic rings. The average molecular weight is 365 g/mol. The minimum atomic E-state index is -0.248. The van der Waals surface area contributed by atoms with Gasteiger partial charge in [0, 0.05) is 25.8 Å². The Morgan fingerprint density at radius 3 is 2.59 bits per heavy atom. The molecule has 0 radical (unpaired) electrons. The summed E-state index contributed by atoms with van der Waals surface area (Å²) in [7, 11) is 1.67. The van der Waals surface area contributed by atoms with Crippen LogP contribution >= 0.6 is 0 Å². The van der Waals surface area contributed by atoms with Gasteiger partial charge in [-0.25, -0.2) is 9.37 Å². The monoisotopic (exact) mass is 365 g/mol. The Kier molecular flexibility index (Phi) is 6.39. The third-order valence-corrected chi connectivity index (χ3v) is 4.25. The molecule has 0 aliphatic heterocycles. The van der Waals surface area contributed by atoms with Crippen LogP contribution in [0.3, 0.4) is 0 Å². The molecule has 0 atom stereocenters. The van der Waals surface area contributed by atoms with Crippen LogP contribution in [0, 0.1) is 5.82 Å². The Morgan fingerprint density at radius 2 is 1.89 bits per heavy atom. The molecule has 0 unspecified atom stereocenters. The molecule has 0 aliphatic rings. The molecule has 4 nitrogen and oxygen atoms in total. The maximum Gasteiger partial charge on any atom is 0.203 e. The highest BCUT2D eigenvalue weighted by Gasteiger charge is 2.11. The number of methoxy groups -OCH3 is 1. The first-order chi connectivity index (χ1) is 13.2. The van der Waals surface area contributed by atoms with Crippen molar-refractivity contribution in [3.8, 4) is 11.3 Å². The topological polar surface area (TPSA) is 39.1 Å². The molecule has 1 heterocycles. The van der Waals surface area contributed by atoms with Crippen LogP contribution in [0.1, 0.15) is 12.5 Å². The highest BCUT2D eigenvalue weighted by Crippen LogP contribution is 2.24. The predicted octanol–water partition coefficient (Wildman–Crippen LogP) is 4.85. The van der Waals surface area contributed by atoms with Crippen LogP contribution in [-0.2, 0) is 11.3 Å². The fraction of sp³-hybridized carbons (Fsp3) is 0.227. The molecule has 1 N–H and O–H groups in total. The lowest BCUT2D eigenvalue weighted by Crippen LogP contribution is -2.13. The van der Waals surface area contributed by atoms with Crippen molar-refractivity contribution < 1.29 is 9.13 Å². The van der Waals surface area contributed by atoms with Crippen molar-refractivity contribution >= 4 is 12.0 Å². The van der Waals surface area contributed by atoms with Gasteiger partial charge in [-0.15, -0.1) is 0 Å². The van der Waals surface area contributed by atoms with Crippen molar-refractivity contribution in [3.05, 3.63) is 77.7 Å². The molecule has 0 saturated carbocycles. The lowest BCUT2D eigenvalue weighted by atomic mass is 10.1. The average Bonchev–Trinajstić information content (AvgIpc) is 3.09. The fourth-order valence-corrected chi connectivity index (χ4v) is 2.88. The van der Waals surface area contributed by atoms with Gasteiger partial charge >= 0.3 is 0 Å². The van der Waals surface area contributed by atoms with Crippen LogP contribution in [0.5, 0.6) is 0 Å². The number of ether oxygens (including phenoxy) is 1. The molecule has 1 aromatic heterocycles. The van der Waals surface area contributed by atoms with E-state index in [0.717, 1.165) is 17.2 Å². The minimum Gasteiger partial charge on any atom is -0.383 e. The molecule has 0 fully saturated rings. The van der Waals surface area contributed by atoms with Gasteiger partial charge in [-0.1, -0.05) is 42.0 Å². The number of halogens is 1. The quantitative estimate of drug-likeness (QED) is 0.620. The van der Waals surface area contributed by atoms with Crippen LogP contribution in [0.2, 0.25) is 0 Å². The molecular formula is C22H24FN3O. The fourth-order valence-electron chi connectivity index (χ4n) is 2.88. The molecule has 0 amide bonds. The van der Waals surface area contributed by atoms with Gasteiger partial charge in [0.15, 0.2) is 0 Å². The third-order valence-electron chi connectivity index (χ3n) is 4.25. The predicted molar refractivity (Wildman–Crippen MR) is 108 cm³/mol. The molecule has 27 heavy (non-hydrogen) atoms. The van der Waals surface area contributed by atoms with Gasteiger partial charge in [0.05, 0.1) is 18.5 Å². The Morgan fingerprint density at radius 1 is 1.15 bits per heavy atom. The summed E-state index contributed by atoms with van der Waals surface area (Å²) in [6.45, 7) is 4.00. The van der Waals surface area contributed by atoms with E-state index in [-0.39, 0.29) is 5.82 Å². The van der Waals surface area contributed by atoms with Gasteiger partial charge in [0.1, 0.15) is 5.82 Å². The lowest BCUT2D eigenvalue weighted by Gasteiger charge is -2.13. The van der Waals surface area contributed by atoms with E-state index in [1.54, 1.807) is 19.2 Å². The lowest BCUT2D eigenvalue weighted by molar-refractivity contribution is 0.188. The van der Waals surface area contributed by atoms with E-state index in [2.05, 4.69) is 40.0 Å². The number of hydrogen-bond donors (Lipinski definition) is 1. The van der Waals surface area contributed by atoms with Crippen molar-refractivity contribution in [2.75, 3.05) is 25.6 Å². The van der Waals surface area contributed by atoms with Crippen LogP contribution in [0.15, 0.2) is 66.4 Å². The van der Waals surface area contributed by atoms with Crippen LogP contribution in [0.25, 0.3) is 17.3 Å². The van der Waals surface area contributed by atoms with E-state index in [9.17, 15) is 4.39 Å². The summed E-state index contributed by atoms with van der Waals surface area (Å²) in [6, 6.07) is 16.7. The van der Waals surface area contributed by atoms with E-state index >= 15 is 0 Å². The van der Waals surface area contributed by atoms with Crippen LogP contribution in [-0.4, -0.2) is 29.8 Å². The Bertz CT molecular complexity index is 886. The van der Waals surface area contributed by atoms with Gasteiger partial charge < -0.3 is 14.6 Å². The number of benzene rings is 2. The minimum absolute atomic E-state index is 0.248. The Balaban J connectivity index is 1.78. The first-order valence-electron chi connectivity index (χ1n) is 8.94. The smallest absolute Gasteiger partial charge is 0.203 e. The van der Waals surface area contributed by atoms with Gasteiger partial charge in [-0.2, -0.15) is 0 Å². The number of anilines is 1. The number of hydrogen-bond acceptors (Lipinski definition) is 3. The third kappa shape index (κ3) is 5.05. The molecule has 0 bridgehead atoms. The molecule has 140 valence electrons. The van der Waals surface area contributed by atoms with E-state index < -0.39 is 0 Å². The number of aromatic nitrogens is 2. The summed E-state index contributed by atoms with van der Waals surface area (Å²) in [5.74, 6) is 0.522. The zero-order valence-corrected chi connectivity index (χ0v) is 15.7. The van der Waals surface area contributed by atoms with Gasteiger partial charge in [-0.3, -0.25) is 0 Å². The van der Waals surface area contributed by atoms with Crippen molar-refractivity contribution in [2.24, 2.45) is 0 Å². The van der Waals surface area contributed by atoms with Crippen LogP contribution < -0.4 is 5.32 Å².